The van der Waals surface area contributed by atoms with Crippen molar-refractivity contribution in [1.29, 1.82) is 0 Å². The van der Waals surface area contributed by atoms with Gasteiger partial charge in [-0.25, -0.2) is 4.39 Å². The SMILES string of the molecule is O=C1CC(c2noc(-c3ccc4cc[nH]c4c3)n2)CN1c1ccc(F)c(Cl)c1. The van der Waals surface area contributed by atoms with Crippen molar-refractivity contribution in [1.82, 2.24) is 15.1 Å². The number of carbonyl (C=O) groups is 1. The molecular formula is C20H14ClFN4O2. The number of carbonyl (C=O) groups excluding carboxylic acids is 1. The van der Waals surface area contributed by atoms with Gasteiger partial charge in [0.15, 0.2) is 5.82 Å². The molecule has 0 radical (unpaired) electrons. The summed E-state index contributed by atoms with van der Waals surface area (Å²) >= 11 is 5.84. The van der Waals surface area contributed by atoms with Crippen LogP contribution in [0.3, 0.4) is 0 Å². The highest BCUT2D eigenvalue weighted by molar-refractivity contribution is 6.31. The number of hydrogen-bond donors (Lipinski definition) is 1. The zero-order valence-corrected chi connectivity index (χ0v) is 15.3. The molecule has 1 fully saturated rings. The second kappa shape index (κ2) is 6.45. The Morgan fingerprint density at radius 3 is 2.96 bits per heavy atom. The number of aromatic nitrogens is 3. The average Bonchev–Trinajstić information content (AvgIpc) is 3.42. The van der Waals surface area contributed by atoms with Crippen LogP contribution in [-0.2, 0) is 4.79 Å². The van der Waals surface area contributed by atoms with E-state index in [-0.39, 0.29) is 23.3 Å². The van der Waals surface area contributed by atoms with Gasteiger partial charge in [-0.3, -0.25) is 4.79 Å². The molecule has 1 atom stereocenters. The average molecular weight is 397 g/mol. The molecule has 0 spiro atoms. The maximum Gasteiger partial charge on any atom is 0.258 e. The number of nitrogens with zero attached hydrogens (tertiary/aromatic N) is 3. The van der Waals surface area contributed by atoms with E-state index in [1.807, 2.05) is 30.5 Å². The summed E-state index contributed by atoms with van der Waals surface area (Å²) in [6.07, 6.45) is 2.12. The Morgan fingerprint density at radius 1 is 1.21 bits per heavy atom. The minimum absolute atomic E-state index is 0.0182. The van der Waals surface area contributed by atoms with Crippen molar-refractivity contribution in [3.8, 4) is 11.5 Å². The first-order valence-corrected chi connectivity index (χ1v) is 9.13. The van der Waals surface area contributed by atoms with E-state index in [4.69, 9.17) is 16.1 Å². The molecule has 1 saturated heterocycles. The van der Waals surface area contributed by atoms with Crippen LogP contribution < -0.4 is 4.90 Å². The summed E-state index contributed by atoms with van der Waals surface area (Å²) in [5, 5.41) is 5.15. The van der Waals surface area contributed by atoms with Crippen LogP contribution in [0.2, 0.25) is 5.02 Å². The first-order valence-electron chi connectivity index (χ1n) is 8.75. The molecule has 1 N–H and O–H groups in total. The lowest BCUT2D eigenvalue weighted by molar-refractivity contribution is -0.117. The largest absolute Gasteiger partial charge is 0.361 e. The van der Waals surface area contributed by atoms with Gasteiger partial charge in [0.2, 0.25) is 5.91 Å². The Labute approximate surface area is 163 Å². The van der Waals surface area contributed by atoms with Gasteiger partial charge in [0.25, 0.3) is 5.89 Å². The molecule has 5 rings (SSSR count). The number of halogens is 2. The number of aromatic amines is 1. The van der Waals surface area contributed by atoms with E-state index in [0.717, 1.165) is 16.5 Å². The number of rotatable bonds is 3. The molecule has 0 aliphatic carbocycles. The van der Waals surface area contributed by atoms with Gasteiger partial charge in [0.05, 0.1) is 5.02 Å². The van der Waals surface area contributed by atoms with Gasteiger partial charge < -0.3 is 14.4 Å². The van der Waals surface area contributed by atoms with Crippen LogP contribution in [0.4, 0.5) is 10.1 Å². The zero-order chi connectivity index (χ0) is 19.3. The molecule has 0 saturated carbocycles. The molecule has 2 aromatic heterocycles. The maximum absolute atomic E-state index is 13.4. The van der Waals surface area contributed by atoms with Crippen LogP contribution in [0.15, 0.2) is 53.2 Å². The van der Waals surface area contributed by atoms with E-state index in [0.29, 0.717) is 23.9 Å². The number of hydrogen-bond acceptors (Lipinski definition) is 4. The Kier molecular flexibility index (Phi) is 3.91. The topological polar surface area (TPSA) is 75.0 Å². The minimum atomic E-state index is -0.518. The van der Waals surface area contributed by atoms with Gasteiger partial charge in [-0.1, -0.05) is 22.8 Å². The van der Waals surface area contributed by atoms with E-state index < -0.39 is 5.82 Å². The Morgan fingerprint density at radius 2 is 2.11 bits per heavy atom. The summed E-state index contributed by atoms with van der Waals surface area (Å²) in [4.78, 5) is 21.7. The molecule has 4 aromatic rings. The zero-order valence-electron chi connectivity index (χ0n) is 14.5. The predicted octanol–water partition coefficient (Wildman–Crippen LogP) is 4.53. The van der Waals surface area contributed by atoms with E-state index >= 15 is 0 Å². The number of H-pyrrole nitrogens is 1. The molecule has 8 heteroatoms. The van der Waals surface area contributed by atoms with Gasteiger partial charge >= 0.3 is 0 Å². The van der Waals surface area contributed by atoms with E-state index in [1.165, 1.54) is 18.2 Å². The first kappa shape index (κ1) is 16.9. The molecule has 1 amide bonds. The quantitative estimate of drug-likeness (QED) is 0.552. The third kappa shape index (κ3) is 2.84. The fourth-order valence-electron chi connectivity index (χ4n) is 3.48. The Balaban J connectivity index is 1.40. The summed E-state index contributed by atoms with van der Waals surface area (Å²) in [5.41, 5.74) is 2.34. The van der Waals surface area contributed by atoms with Gasteiger partial charge in [-0.05, 0) is 41.8 Å². The molecular weight excluding hydrogens is 383 g/mol. The third-order valence-corrected chi connectivity index (χ3v) is 5.24. The van der Waals surface area contributed by atoms with Crippen molar-refractivity contribution in [3.05, 3.63) is 65.3 Å². The van der Waals surface area contributed by atoms with Crippen molar-refractivity contribution in [3.63, 3.8) is 0 Å². The Bertz CT molecular complexity index is 1200. The van der Waals surface area contributed by atoms with Crippen LogP contribution >= 0.6 is 11.6 Å². The lowest BCUT2D eigenvalue weighted by Gasteiger charge is -2.16. The number of benzene rings is 2. The second-order valence-corrected chi connectivity index (χ2v) is 7.15. The molecule has 1 aliphatic rings. The smallest absolute Gasteiger partial charge is 0.258 e. The van der Waals surface area contributed by atoms with Crippen LogP contribution in [-0.4, -0.2) is 27.6 Å². The lowest BCUT2D eigenvalue weighted by atomic mass is 10.1. The molecule has 3 heterocycles. The maximum atomic E-state index is 13.4. The molecule has 1 unspecified atom stereocenters. The third-order valence-electron chi connectivity index (χ3n) is 4.95. The lowest BCUT2D eigenvalue weighted by Crippen LogP contribution is -2.24. The summed E-state index contributed by atoms with van der Waals surface area (Å²) < 4.78 is 18.8. The van der Waals surface area contributed by atoms with Crippen LogP contribution in [0, 0.1) is 5.82 Å². The fraction of sp³-hybridized carbons (Fsp3) is 0.150. The predicted molar refractivity (Wildman–Crippen MR) is 103 cm³/mol. The van der Waals surface area contributed by atoms with E-state index in [9.17, 15) is 9.18 Å². The second-order valence-electron chi connectivity index (χ2n) is 6.74. The highest BCUT2D eigenvalue weighted by Crippen LogP contribution is 2.33. The highest BCUT2D eigenvalue weighted by atomic mass is 35.5. The number of anilines is 1. The van der Waals surface area contributed by atoms with Gasteiger partial charge in [-0.2, -0.15) is 4.98 Å². The standard InChI is InChI=1S/C20H14ClFN4O2/c21-15-9-14(3-4-16(15)22)26-10-13(8-18(26)27)19-24-20(28-25-19)12-2-1-11-5-6-23-17(11)7-12/h1-7,9,13,23H,8,10H2. The summed E-state index contributed by atoms with van der Waals surface area (Å²) in [7, 11) is 0. The van der Waals surface area contributed by atoms with Crippen LogP contribution in [0.1, 0.15) is 18.2 Å². The minimum Gasteiger partial charge on any atom is -0.361 e. The molecule has 1 aliphatic heterocycles. The summed E-state index contributed by atoms with van der Waals surface area (Å²) in [5.74, 6) is 0.0678. The van der Waals surface area contributed by atoms with Crippen LogP contribution in [0.25, 0.3) is 22.4 Å². The van der Waals surface area contributed by atoms with Crippen molar-refractivity contribution in [2.45, 2.75) is 12.3 Å². The van der Waals surface area contributed by atoms with Gasteiger partial charge in [0.1, 0.15) is 5.82 Å². The summed E-state index contributed by atoms with van der Waals surface area (Å²) in [6.45, 7) is 0.384. The summed E-state index contributed by atoms with van der Waals surface area (Å²) in [6, 6.07) is 12.1. The van der Waals surface area contributed by atoms with Crippen molar-refractivity contribution < 1.29 is 13.7 Å². The molecule has 2 aromatic carbocycles. The monoisotopic (exact) mass is 396 g/mol. The number of nitrogens with one attached hydrogen (secondary N) is 1. The molecule has 28 heavy (non-hydrogen) atoms. The van der Waals surface area contributed by atoms with Crippen molar-refractivity contribution >= 4 is 34.1 Å². The number of fused-ring (bicyclic) bond motifs is 1. The highest BCUT2D eigenvalue weighted by Gasteiger charge is 2.35. The van der Waals surface area contributed by atoms with Gasteiger partial charge in [0, 0.05) is 41.8 Å². The Hall–Kier alpha value is -3.19. The molecule has 6 nitrogen and oxygen atoms in total. The first-order chi connectivity index (χ1) is 13.6. The van der Waals surface area contributed by atoms with Crippen molar-refractivity contribution in [2.24, 2.45) is 0 Å². The van der Waals surface area contributed by atoms with Crippen molar-refractivity contribution in [2.75, 3.05) is 11.4 Å². The normalized spacial score (nSPS) is 17.0. The van der Waals surface area contributed by atoms with E-state index in [2.05, 4.69) is 15.1 Å². The molecule has 140 valence electrons. The van der Waals surface area contributed by atoms with Gasteiger partial charge in [-0.15, -0.1) is 0 Å². The molecule has 0 bridgehead atoms. The van der Waals surface area contributed by atoms with Crippen LogP contribution in [0.5, 0.6) is 0 Å². The van der Waals surface area contributed by atoms with E-state index in [1.54, 1.807) is 4.90 Å². The fourth-order valence-corrected chi connectivity index (χ4v) is 3.66. The number of amides is 1.